The molecule has 29 heavy (non-hydrogen) atoms. The van der Waals surface area contributed by atoms with Crippen molar-refractivity contribution in [2.24, 2.45) is 0 Å². The van der Waals surface area contributed by atoms with Gasteiger partial charge in [-0.2, -0.15) is 0 Å². The third-order valence-electron chi connectivity index (χ3n) is 5.42. The molecule has 0 radical (unpaired) electrons. The van der Waals surface area contributed by atoms with Gasteiger partial charge in [-0.25, -0.2) is 4.98 Å². The predicted molar refractivity (Wildman–Crippen MR) is 120 cm³/mol. The zero-order valence-electron chi connectivity index (χ0n) is 17.6. The third kappa shape index (κ3) is 4.36. The fourth-order valence-electron chi connectivity index (χ4n) is 3.64. The minimum absolute atomic E-state index is 0.0169. The number of carbonyl (C=O) groups excluding carboxylic acids is 1. The molecular formula is C24H28N2O2S. The van der Waals surface area contributed by atoms with Gasteiger partial charge in [0.15, 0.2) is 5.13 Å². The highest BCUT2D eigenvalue weighted by molar-refractivity contribution is 7.22. The first-order valence-corrected chi connectivity index (χ1v) is 11.0. The van der Waals surface area contributed by atoms with Crippen LogP contribution in [0.2, 0.25) is 0 Å². The van der Waals surface area contributed by atoms with Crippen molar-refractivity contribution < 1.29 is 9.53 Å². The Bertz CT molecular complexity index is 1010. The van der Waals surface area contributed by atoms with Gasteiger partial charge in [0.1, 0.15) is 0 Å². The van der Waals surface area contributed by atoms with E-state index in [9.17, 15) is 4.79 Å². The van der Waals surface area contributed by atoms with E-state index in [0.717, 1.165) is 34.8 Å². The number of benzene rings is 2. The quantitative estimate of drug-likeness (QED) is 0.554. The average Bonchev–Trinajstić information content (AvgIpc) is 3.34. The number of amides is 1. The Kier molecular flexibility index (Phi) is 5.45. The van der Waals surface area contributed by atoms with Crippen LogP contribution in [-0.4, -0.2) is 30.1 Å². The molecule has 0 spiro atoms. The summed E-state index contributed by atoms with van der Waals surface area (Å²) in [6, 6.07) is 14.2. The normalized spacial score (nSPS) is 17.0. The molecule has 152 valence electrons. The molecule has 1 aliphatic rings. The van der Waals surface area contributed by atoms with Gasteiger partial charge in [-0.15, -0.1) is 0 Å². The maximum Gasteiger partial charge on any atom is 0.260 e. The molecular weight excluding hydrogens is 380 g/mol. The molecule has 1 amide bonds. The number of fused-ring (bicyclic) bond motifs is 1. The van der Waals surface area contributed by atoms with Gasteiger partial charge in [-0.1, -0.05) is 50.3 Å². The Balaban J connectivity index is 1.68. The molecule has 0 saturated carbocycles. The number of ether oxygens (including phenoxy) is 1. The van der Waals surface area contributed by atoms with Crippen molar-refractivity contribution >= 4 is 32.6 Å². The number of anilines is 1. The molecule has 1 fully saturated rings. The highest BCUT2D eigenvalue weighted by Gasteiger charge is 2.27. The lowest BCUT2D eigenvalue weighted by Gasteiger charge is -2.24. The topological polar surface area (TPSA) is 42.4 Å². The van der Waals surface area contributed by atoms with E-state index in [1.54, 1.807) is 11.3 Å². The Labute approximate surface area is 176 Å². The second kappa shape index (κ2) is 7.88. The van der Waals surface area contributed by atoms with Gasteiger partial charge in [0.25, 0.3) is 5.91 Å². The summed E-state index contributed by atoms with van der Waals surface area (Å²) < 4.78 is 6.94. The molecule has 1 aliphatic heterocycles. The third-order valence-corrected chi connectivity index (χ3v) is 6.46. The Hall–Kier alpha value is -2.24. The van der Waals surface area contributed by atoms with Crippen LogP contribution < -0.4 is 4.90 Å². The second-order valence-electron chi connectivity index (χ2n) is 8.85. The van der Waals surface area contributed by atoms with Gasteiger partial charge in [0, 0.05) is 12.2 Å². The standard InChI is InChI=1S/C24H28N2O2S/c1-16-7-12-20-21(14-16)29-23(25-20)26(15-19-6-5-13-28-19)22(27)17-8-10-18(11-9-17)24(2,3)4/h7-12,14,19H,5-6,13,15H2,1-4H3. The van der Waals surface area contributed by atoms with Crippen molar-refractivity contribution in [1.82, 2.24) is 4.98 Å². The highest BCUT2D eigenvalue weighted by atomic mass is 32.1. The number of nitrogens with zero attached hydrogens (tertiary/aromatic N) is 2. The van der Waals surface area contributed by atoms with Crippen LogP contribution >= 0.6 is 11.3 Å². The second-order valence-corrected chi connectivity index (χ2v) is 9.85. The van der Waals surface area contributed by atoms with Crippen LogP contribution in [-0.2, 0) is 10.2 Å². The lowest BCUT2D eigenvalue weighted by atomic mass is 9.86. The van der Waals surface area contributed by atoms with E-state index in [0.29, 0.717) is 12.1 Å². The molecule has 5 heteroatoms. The van der Waals surface area contributed by atoms with Gasteiger partial charge in [-0.05, 0) is 60.6 Å². The van der Waals surface area contributed by atoms with Crippen molar-refractivity contribution in [1.29, 1.82) is 0 Å². The molecule has 1 saturated heterocycles. The Morgan fingerprint density at radius 2 is 1.97 bits per heavy atom. The summed E-state index contributed by atoms with van der Waals surface area (Å²) >= 11 is 1.57. The lowest BCUT2D eigenvalue weighted by Crippen LogP contribution is -2.37. The first-order chi connectivity index (χ1) is 13.8. The van der Waals surface area contributed by atoms with Gasteiger partial charge < -0.3 is 4.74 Å². The number of rotatable bonds is 4. The van der Waals surface area contributed by atoms with Gasteiger partial charge in [0.2, 0.25) is 0 Å². The van der Waals surface area contributed by atoms with E-state index in [2.05, 4.69) is 52.0 Å². The van der Waals surface area contributed by atoms with E-state index < -0.39 is 0 Å². The molecule has 1 atom stereocenters. The van der Waals surface area contributed by atoms with Crippen LogP contribution in [0.5, 0.6) is 0 Å². The summed E-state index contributed by atoms with van der Waals surface area (Å²) in [7, 11) is 0. The van der Waals surface area contributed by atoms with Crippen molar-refractivity contribution in [3.63, 3.8) is 0 Å². The lowest BCUT2D eigenvalue weighted by molar-refractivity contribution is 0.0917. The molecule has 0 bridgehead atoms. The maximum absolute atomic E-state index is 13.5. The van der Waals surface area contributed by atoms with Gasteiger partial charge in [0.05, 0.1) is 22.9 Å². The smallest absolute Gasteiger partial charge is 0.260 e. The molecule has 0 N–H and O–H groups in total. The summed E-state index contributed by atoms with van der Waals surface area (Å²) in [6.07, 6.45) is 2.10. The number of hydrogen-bond acceptors (Lipinski definition) is 4. The minimum atomic E-state index is -0.0169. The molecule has 1 aromatic heterocycles. The fourth-order valence-corrected chi connectivity index (χ4v) is 4.72. The SMILES string of the molecule is Cc1ccc2nc(N(CC3CCCO3)C(=O)c3ccc(C(C)(C)C)cc3)sc2c1. The Morgan fingerprint density at radius 3 is 2.62 bits per heavy atom. The van der Waals surface area contributed by atoms with Crippen molar-refractivity contribution in [3.8, 4) is 0 Å². The van der Waals surface area contributed by atoms with Crippen LogP contribution in [0.4, 0.5) is 5.13 Å². The van der Waals surface area contributed by atoms with E-state index in [-0.39, 0.29) is 17.4 Å². The zero-order valence-corrected chi connectivity index (χ0v) is 18.4. The number of aryl methyl sites for hydroxylation is 1. The Morgan fingerprint density at radius 1 is 1.21 bits per heavy atom. The molecule has 2 aromatic carbocycles. The monoisotopic (exact) mass is 408 g/mol. The van der Waals surface area contributed by atoms with Crippen molar-refractivity contribution in [3.05, 3.63) is 59.2 Å². The number of hydrogen-bond donors (Lipinski definition) is 0. The number of aromatic nitrogens is 1. The predicted octanol–water partition coefficient (Wildman–Crippen LogP) is 5.73. The van der Waals surface area contributed by atoms with Crippen LogP contribution in [0.15, 0.2) is 42.5 Å². The zero-order chi connectivity index (χ0) is 20.6. The summed E-state index contributed by atoms with van der Waals surface area (Å²) in [5.74, 6) is -0.0169. The van der Waals surface area contributed by atoms with Gasteiger partial charge in [-0.3, -0.25) is 9.69 Å². The molecule has 4 rings (SSSR count). The van der Waals surface area contributed by atoms with Crippen molar-refractivity contribution in [2.75, 3.05) is 18.1 Å². The first-order valence-electron chi connectivity index (χ1n) is 10.2. The van der Waals surface area contributed by atoms with Crippen LogP contribution in [0.25, 0.3) is 10.2 Å². The number of thiazole rings is 1. The summed E-state index contributed by atoms with van der Waals surface area (Å²) in [5, 5.41) is 0.742. The highest BCUT2D eigenvalue weighted by Crippen LogP contribution is 2.32. The summed E-state index contributed by atoms with van der Waals surface area (Å²) in [5.41, 5.74) is 4.09. The molecule has 2 heterocycles. The molecule has 3 aromatic rings. The molecule has 4 nitrogen and oxygen atoms in total. The van der Waals surface area contributed by atoms with Gasteiger partial charge >= 0.3 is 0 Å². The molecule has 1 unspecified atom stereocenters. The average molecular weight is 409 g/mol. The minimum Gasteiger partial charge on any atom is -0.376 e. The fraction of sp³-hybridized carbons (Fsp3) is 0.417. The van der Waals surface area contributed by atoms with Crippen molar-refractivity contribution in [2.45, 2.75) is 52.1 Å². The summed E-state index contributed by atoms with van der Waals surface area (Å²) in [6.45, 7) is 9.92. The maximum atomic E-state index is 13.5. The van der Waals surface area contributed by atoms with Crippen LogP contribution in [0.1, 0.15) is 55.1 Å². The molecule has 0 aliphatic carbocycles. The van der Waals surface area contributed by atoms with Crippen LogP contribution in [0.3, 0.4) is 0 Å². The van der Waals surface area contributed by atoms with E-state index in [4.69, 9.17) is 9.72 Å². The van der Waals surface area contributed by atoms with E-state index >= 15 is 0 Å². The summed E-state index contributed by atoms with van der Waals surface area (Å²) in [4.78, 5) is 20.1. The van der Waals surface area contributed by atoms with E-state index in [1.807, 2.05) is 23.1 Å². The number of carbonyl (C=O) groups is 1. The van der Waals surface area contributed by atoms with Crippen LogP contribution in [0, 0.1) is 6.92 Å². The first kappa shape index (κ1) is 20.0. The largest absolute Gasteiger partial charge is 0.376 e. The van der Waals surface area contributed by atoms with E-state index in [1.165, 1.54) is 11.1 Å².